The van der Waals surface area contributed by atoms with E-state index in [4.69, 9.17) is 5.73 Å². The van der Waals surface area contributed by atoms with Gasteiger partial charge in [-0.2, -0.15) is 0 Å². The van der Waals surface area contributed by atoms with E-state index in [1.807, 2.05) is 18.3 Å². The second-order valence-electron chi connectivity index (χ2n) is 4.77. The van der Waals surface area contributed by atoms with Crippen molar-refractivity contribution in [3.63, 3.8) is 0 Å². The number of aromatic nitrogens is 1. The first kappa shape index (κ1) is 14.7. The van der Waals surface area contributed by atoms with Crippen LogP contribution >= 0.6 is 11.3 Å². The summed E-state index contributed by atoms with van der Waals surface area (Å²) in [6.07, 6.45) is 2.73. The minimum Gasteiger partial charge on any atom is -0.326 e. The molecule has 0 saturated carbocycles. The quantitative estimate of drug-likeness (QED) is 0.878. The molecule has 1 aromatic heterocycles. The van der Waals surface area contributed by atoms with Crippen LogP contribution in [0.1, 0.15) is 16.9 Å². The van der Waals surface area contributed by atoms with Crippen molar-refractivity contribution in [2.24, 2.45) is 5.73 Å². The molecule has 2 N–H and O–H groups in total. The highest BCUT2D eigenvalue weighted by molar-refractivity contribution is 7.15. The molecule has 3 nitrogen and oxygen atoms in total. The lowest BCUT2D eigenvalue weighted by Crippen LogP contribution is -2.11. The first-order valence-electron chi connectivity index (χ1n) is 6.58. The van der Waals surface area contributed by atoms with Crippen LogP contribution in [-0.4, -0.2) is 30.5 Å². The molecular formula is C16H19N3S. The van der Waals surface area contributed by atoms with Crippen molar-refractivity contribution >= 4 is 11.3 Å². The number of nitrogens with two attached hydrogens (primary N) is 1. The molecule has 0 atom stereocenters. The second-order valence-corrected chi connectivity index (χ2v) is 5.88. The van der Waals surface area contributed by atoms with E-state index in [-0.39, 0.29) is 0 Å². The summed E-state index contributed by atoms with van der Waals surface area (Å²) in [7, 11) is 4.11. The molecule has 2 rings (SSSR count). The van der Waals surface area contributed by atoms with Crippen LogP contribution in [0, 0.1) is 11.8 Å². The zero-order chi connectivity index (χ0) is 14.4. The molecule has 1 aromatic carbocycles. The van der Waals surface area contributed by atoms with Crippen LogP contribution in [0.15, 0.2) is 30.5 Å². The minimum atomic E-state index is 0.549. The van der Waals surface area contributed by atoms with Gasteiger partial charge in [0, 0.05) is 41.7 Å². The van der Waals surface area contributed by atoms with Crippen LogP contribution in [0.4, 0.5) is 0 Å². The molecule has 0 saturated heterocycles. The number of nitrogens with zero attached hydrogens (tertiary/aromatic N) is 2. The van der Waals surface area contributed by atoms with Gasteiger partial charge in [-0.15, -0.1) is 11.3 Å². The monoisotopic (exact) mass is 285 g/mol. The molecule has 0 fully saturated rings. The summed E-state index contributed by atoms with van der Waals surface area (Å²) in [5.74, 6) is 6.37. The Kier molecular flexibility index (Phi) is 5.31. The van der Waals surface area contributed by atoms with Gasteiger partial charge in [-0.1, -0.05) is 24.0 Å². The van der Waals surface area contributed by atoms with E-state index in [9.17, 15) is 0 Å². The molecule has 0 radical (unpaired) electrons. The Balaban J connectivity index is 2.02. The fourth-order valence-electron chi connectivity index (χ4n) is 1.68. The third-order valence-corrected chi connectivity index (χ3v) is 3.87. The second kappa shape index (κ2) is 7.20. The van der Waals surface area contributed by atoms with Gasteiger partial charge in [0.05, 0.1) is 0 Å². The average molecular weight is 285 g/mol. The highest BCUT2D eigenvalue weighted by Gasteiger charge is 2.03. The molecule has 0 aliphatic rings. The van der Waals surface area contributed by atoms with E-state index in [1.54, 1.807) is 11.3 Å². The predicted octanol–water partition coefficient (Wildman–Crippen LogP) is 2.57. The fourth-order valence-corrected chi connectivity index (χ4v) is 2.47. The van der Waals surface area contributed by atoms with E-state index in [2.05, 4.69) is 48.0 Å². The molecule has 0 bridgehead atoms. The lowest BCUT2D eigenvalue weighted by Gasteiger charge is -2.04. The summed E-state index contributed by atoms with van der Waals surface area (Å²) in [4.78, 5) is 7.62. The number of rotatable bonds is 4. The van der Waals surface area contributed by atoms with Gasteiger partial charge in [0.25, 0.3) is 0 Å². The fraction of sp³-hybridized carbons (Fsp3) is 0.312. The van der Waals surface area contributed by atoms with Crippen molar-refractivity contribution in [2.75, 3.05) is 20.6 Å². The molecule has 2 aromatic rings. The molecule has 0 aliphatic carbocycles. The summed E-state index contributed by atoms with van der Waals surface area (Å²) in [5.41, 5.74) is 7.77. The summed E-state index contributed by atoms with van der Waals surface area (Å²) >= 11 is 1.64. The van der Waals surface area contributed by atoms with E-state index >= 15 is 0 Å². The first-order chi connectivity index (χ1) is 9.69. The molecule has 0 amide bonds. The Bertz CT molecular complexity index is 603. The zero-order valence-corrected chi connectivity index (χ0v) is 12.7. The van der Waals surface area contributed by atoms with Crippen molar-refractivity contribution in [2.45, 2.75) is 13.0 Å². The molecule has 104 valence electrons. The maximum absolute atomic E-state index is 5.60. The van der Waals surface area contributed by atoms with E-state index < -0.39 is 0 Å². The summed E-state index contributed by atoms with van der Waals surface area (Å²) in [5, 5.41) is 1.01. The van der Waals surface area contributed by atoms with E-state index in [0.717, 1.165) is 34.0 Å². The van der Waals surface area contributed by atoms with Gasteiger partial charge < -0.3 is 10.6 Å². The highest BCUT2D eigenvalue weighted by Crippen LogP contribution is 2.24. The molecular weight excluding hydrogens is 266 g/mol. The number of hydrogen-bond acceptors (Lipinski definition) is 4. The van der Waals surface area contributed by atoms with Crippen LogP contribution in [0.2, 0.25) is 0 Å². The Hall–Kier alpha value is -1.67. The molecule has 0 aliphatic heterocycles. The highest BCUT2D eigenvalue weighted by atomic mass is 32.1. The molecule has 0 unspecified atom stereocenters. The topological polar surface area (TPSA) is 42.2 Å². The third-order valence-electron chi connectivity index (χ3n) is 2.80. The Morgan fingerprint density at radius 1 is 1.25 bits per heavy atom. The minimum absolute atomic E-state index is 0.549. The zero-order valence-electron chi connectivity index (χ0n) is 11.9. The normalized spacial score (nSPS) is 10.4. The molecule has 1 heterocycles. The van der Waals surface area contributed by atoms with E-state index in [1.165, 1.54) is 0 Å². The Labute approximate surface area is 124 Å². The van der Waals surface area contributed by atoms with Crippen molar-refractivity contribution < 1.29 is 0 Å². The lowest BCUT2D eigenvalue weighted by atomic mass is 10.1. The van der Waals surface area contributed by atoms with Crippen molar-refractivity contribution in [1.82, 2.24) is 9.88 Å². The number of benzene rings is 1. The predicted molar refractivity (Wildman–Crippen MR) is 85.5 cm³/mol. The maximum atomic E-state index is 5.60. The summed E-state index contributed by atoms with van der Waals surface area (Å²) in [6.45, 7) is 1.54. The molecule has 0 spiro atoms. The lowest BCUT2D eigenvalue weighted by molar-refractivity contribution is 0.420. The van der Waals surface area contributed by atoms with Crippen molar-refractivity contribution in [3.05, 3.63) is 40.9 Å². The van der Waals surface area contributed by atoms with Crippen LogP contribution in [-0.2, 0) is 6.54 Å². The third kappa shape index (κ3) is 4.17. The first-order valence-corrected chi connectivity index (χ1v) is 7.39. The van der Waals surface area contributed by atoms with Crippen molar-refractivity contribution in [3.8, 4) is 22.4 Å². The van der Waals surface area contributed by atoms with Crippen molar-refractivity contribution in [1.29, 1.82) is 0 Å². The van der Waals surface area contributed by atoms with Crippen LogP contribution in [0.25, 0.3) is 10.6 Å². The van der Waals surface area contributed by atoms with E-state index in [0.29, 0.717) is 6.54 Å². The Morgan fingerprint density at radius 3 is 2.60 bits per heavy atom. The molecule has 20 heavy (non-hydrogen) atoms. The van der Waals surface area contributed by atoms with Gasteiger partial charge in [-0.05, 0) is 26.2 Å². The average Bonchev–Trinajstić information content (AvgIpc) is 2.93. The van der Waals surface area contributed by atoms with Gasteiger partial charge in [0.2, 0.25) is 0 Å². The number of hydrogen-bond donors (Lipinski definition) is 1. The van der Waals surface area contributed by atoms with Crippen LogP contribution < -0.4 is 5.73 Å². The van der Waals surface area contributed by atoms with Gasteiger partial charge in [0.1, 0.15) is 5.01 Å². The SMILES string of the molecule is CN(C)CCC#Cc1ccc(-c2ncc(CN)s2)cc1. The van der Waals surface area contributed by atoms with Gasteiger partial charge in [-0.3, -0.25) is 0 Å². The van der Waals surface area contributed by atoms with Gasteiger partial charge in [-0.25, -0.2) is 4.98 Å². The standard InChI is InChI=1S/C16H19N3S/c1-19(2)10-4-3-5-13-6-8-14(9-7-13)16-18-12-15(11-17)20-16/h6-9,12H,4,10-11,17H2,1-2H3. The largest absolute Gasteiger partial charge is 0.326 e. The van der Waals surface area contributed by atoms with Crippen LogP contribution in [0.5, 0.6) is 0 Å². The molecule has 4 heteroatoms. The van der Waals surface area contributed by atoms with Crippen LogP contribution in [0.3, 0.4) is 0 Å². The summed E-state index contributed by atoms with van der Waals surface area (Å²) in [6, 6.07) is 8.22. The Morgan fingerprint density at radius 2 is 2.00 bits per heavy atom. The summed E-state index contributed by atoms with van der Waals surface area (Å²) < 4.78 is 0. The number of thiazole rings is 1. The van der Waals surface area contributed by atoms with Gasteiger partial charge >= 0.3 is 0 Å². The smallest absolute Gasteiger partial charge is 0.123 e. The maximum Gasteiger partial charge on any atom is 0.123 e. The van der Waals surface area contributed by atoms with Gasteiger partial charge in [0.15, 0.2) is 0 Å².